The van der Waals surface area contributed by atoms with E-state index in [1.54, 1.807) is 6.92 Å². The molecule has 0 aliphatic rings. The van der Waals surface area contributed by atoms with Gasteiger partial charge in [0.15, 0.2) is 6.10 Å². The van der Waals surface area contributed by atoms with Gasteiger partial charge in [0.2, 0.25) is 0 Å². The molecule has 4 aromatic rings. The number of fused-ring (bicyclic) bond motifs is 1. The molecule has 0 spiro atoms. The van der Waals surface area contributed by atoms with Crippen molar-refractivity contribution in [2.75, 3.05) is 5.32 Å². The van der Waals surface area contributed by atoms with Crippen LogP contribution in [0.4, 0.5) is 10.1 Å². The second kappa shape index (κ2) is 7.75. The molecule has 2 aromatic carbocycles. The van der Waals surface area contributed by atoms with E-state index in [-0.39, 0.29) is 11.7 Å². The van der Waals surface area contributed by atoms with Crippen molar-refractivity contribution in [1.82, 2.24) is 9.38 Å². The van der Waals surface area contributed by atoms with Crippen molar-refractivity contribution in [3.63, 3.8) is 0 Å². The number of hydrogen-bond acceptors (Lipinski definition) is 3. The van der Waals surface area contributed by atoms with Gasteiger partial charge in [-0.1, -0.05) is 12.1 Å². The Balaban J connectivity index is 1.49. The third-order valence-electron chi connectivity index (χ3n) is 4.54. The molecule has 0 aliphatic heterocycles. The maximum Gasteiger partial charge on any atom is 0.265 e. The predicted octanol–water partition coefficient (Wildman–Crippen LogP) is 4.85. The van der Waals surface area contributed by atoms with E-state index >= 15 is 0 Å². The molecule has 0 saturated carbocycles. The molecule has 2 aromatic heterocycles. The van der Waals surface area contributed by atoms with Crippen LogP contribution in [0.1, 0.15) is 12.5 Å². The average Bonchev–Trinajstić information content (AvgIpc) is 3.13. The van der Waals surface area contributed by atoms with Crippen molar-refractivity contribution in [3.8, 4) is 17.0 Å². The number of carbonyl (C=O) groups excluding carboxylic acids is 1. The van der Waals surface area contributed by atoms with E-state index in [2.05, 4.69) is 10.3 Å². The summed E-state index contributed by atoms with van der Waals surface area (Å²) in [5.74, 6) is -0.215. The van der Waals surface area contributed by atoms with Crippen LogP contribution in [0.3, 0.4) is 0 Å². The Hall–Kier alpha value is -3.67. The van der Waals surface area contributed by atoms with Crippen molar-refractivity contribution in [3.05, 3.63) is 84.4 Å². The van der Waals surface area contributed by atoms with Crippen LogP contribution in [0.15, 0.2) is 73.1 Å². The lowest BCUT2D eigenvalue weighted by atomic mass is 10.1. The van der Waals surface area contributed by atoms with Gasteiger partial charge in [-0.05, 0) is 67.9 Å². The van der Waals surface area contributed by atoms with E-state index in [9.17, 15) is 9.18 Å². The maximum atomic E-state index is 13.0. The van der Waals surface area contributed by atoms with Gasteiger partial charge in [0, 0.05) is 23.6 Å². The van der Waals surface area contributed by atoms with Crippen LogP contribution in [0.25, 0.3) is 16.9 Å². The molecule has 6 heteroatoms. The summed E-state index contributed by atoms with van der Waals surface area (Å²) in [5.41, 5.74) is 4.38. The lowest BCUT2D eigenvalue weighted by molar-refractivity contribution is -0.122. The number of ether oxygens (including phenoxy) is 1. The highest BCUT2D eigenvalue weighted by Crippen LogP contribution is 2.23. The smallest absolute Gasteiger partial charge is 0.265 e. The number of pyridine rings is 1. The van der Waals surface area contributed by atoms with E-state index in [1.807, 2.05) is 60.1 Å². The number of imidazole rings is 1. The highest BCUT2D eigenvalue weighted by atomic mass is 19.1. The van der Waals surface area contributed by atoms with Gasteiger partial charge in [0.1, 0.15) is 17.2 Å². The zero-order valence-corrected chi connectivity index (χ0v) is 16.1. The standard InChI is InChI=1S/C23H20FN3O2/c1-15-10-11-27-14-21(26-22(27)12-15)17-4-3-5-19(13-17)25-23(28)16(2)29-20-8-6-18(24)7-9-20/h3-14,16H,1-2H3,(H,25,28). The molecule has 0 radical (unpaired) electrons. The highest BCUT2D eigenvalue weighted by Gasteiger charge is 2.15. The molecule has 5 nitrogen and oxygen atoms in total. The number of nitrogens with zero attached hydrogens (tertiary/aromatic N) is 2. The molecule has 0 aliphatic carbocycles. The van der Waals surface area contributed by atoms with Crippen molar-refractivity contribution >= 4 is 17.2 Å². The summed E-state index contributed by atoms with van der Waals surface area (Å²) in [5, 5.41) is 2.85. The number of rotatable bonds is 5. The SMILES string of the molecule is Cc1ccn2cc(-c3cccc(NC(=O)C(C)Oc4ccc(F)cc4)c3)nc2c1. The molecule has 2 heterocycles. The van der Waals surface area contributed by atoms with Gasteiger partial charge in [-0.2, -0.15) is 0 Å². The van der Waals surface area contributed by atoms with E-state index in [0.29, 0.717) is 11.4 Å². The van der Waals surface area contributed by atoms with Crippen molar-refractivity contribution < 1.29 is 13.9 Å². The molecule has 4 rings (SSSR count). The van der Waals surface area contributed by atoms with Gasteiger partial charge < -0.3 is 14.5 Å². The minimum Gasteiger partial charge on any atom is -0.481 e. The fourth-order valence-corrected chi connectivity index (χ4v) is 2.99. The molecule has 1 atom stereocenters. The summed E-state index contributed by atoms with van der Waals surface area (Å²) in [4.78, 5) is 17.1. The Kier molecular flexibility index (Phi) is 4.99. The number of carbonyl (C=O) groups is 1. The molecular weight excluding hydrogens is 369 g/mol. The number of benzene rings is 2. The number of nitrogens with one attached hydrogen (secondary N) is 1. The Bertz CT molecular complexity index is 1170. The second-order valence-corrected chi connectivity index (χ2v) is 6.88. The molecular formula is C23H20FN3O2. The summed E-state index contributed by atoms with van der Waals surface area (Å²) in [6, 6.07) is 17.1. The monoisotopic (exact) mass is 389 g/mol. The molecule has 29 heavy (non-hydrogen) atoms. The number of hydrogen-bond donors (Lipinski definition) is 1. The molecule has 1 unspecified atom stereocenters. The molecule has 0 fully saturated rings. The lowest BCUT2D eigenvalue weighted by Crippen LogP contribution is -2.30. The summed E-state index contributed by atoms with van der Waals surface area (Å²) >= 11 is 0. The zero-order chi connectivity index (χ0) is 20.4. The van der Waals surface area contributed by atoms with Crippen LogP contribution in [-0.4, -0.2) is 21.4 Å². The third-order valence-corrected chi connectivity index (χ3v) is 4.54. The van der Waals surface area contributed by atoms with Crippen LogP contribution in [-0.2, 0) is 4.79 Å². The quantitative estimate of drug-likeness (QED) is 0.531. The van der Waals surface area contributed by atoms with E-state index in [0.717, 1.165) is 22.5 Å². The van der Waals surface area contributed by atoms with E-state index in [4.69, 9.17) is 4.74 Å². The van der Waals surface area contributed by atoms with Crippen molar-refractivity contribution in [1.29, 1.82) is 0 Å². The van der Waals surface area contributed by atoms with Crippen LogP contribution >= 0.6 is 0 Å². The minimum absolute atomic E-state index is 0.294. The van der Waals surface area contributed by atoms with Gasteiger partial charge in [-0.3, -0.25) is 4.79 Å². The number of amides is 1. The Morgan fingerprint density at radius 1 is 1.14 bits per heavy atom. The lowest BCUT2D eigenvalue weighted by Gasteiger charge is -2.15. The predicted molar refractivity (Wildman–Crippen MR) is 110 cm³/mol. The van der Waals surface area contributed by atoms with Gasteiger partial charge in [-0.15, -0.1) is 0 Å². The highest BCUT2D eigenvalue weighted by molar-refractivity contribution is 5.94. The van der Waals surface area contributed by atoms with Crippen LogP contribution in [0.5, 0.6) is 5.75 Å². The van der Waals surface area contributed by atoms with Gasteiger partial charge in [0.25, 0.3) is 5.91 Å². The summed E-state index contributed by atoms with van der Waals surface area (Å²) in [6.07, 6.45) is 3.19. The first-order valence-corrected chi connectivity index (χ1v) is 9.27. The van der Waals surface area contributed by atoms with E-state index < -0.39 is 6.10 Å². The number of anilines is 1. The molecule has 1 amide bonds. The normalized spacial score (nSPS) is 12.0. The van der Waals surface area contributed by atoms with Crippen LogP contribution < -0.4 is 10.1 Å². The fourth-order valence-electron chi connectivity index (χ4n) is 2.99. The Labute approximate surface area is 167 Å². The Morgan fingerprint density at radius 3 is 2.72 bits per heavy atom. The first-order valence-electron chi connectivity index (χ1n) is 9.27. The largest absolute Gasteiger partial charge is 0.481 e. The topological polar surface area (TPSA) is 55.6 Å². The van der Waals surface area contributed by atoms with Crippen LogP contribution in [0.2, 0.25) is 0 Å². The molecule has 1 N–H and O–H groups in total. The first-order chi connectivity index (χ1) is 14.0. The van der Waals surface area contributed by atoms with E-state index in [1.165, 1.54) is 24.3 Å². The summed E-state index contributed by atoms with van der Waals surface area (Å²) < 4.78 is 20.5. The first kappa shape index (κ1) is 18.7. The van der Waals surface area contributed by atoms with Crippen LogP contribution in [0, 0.1) is 12.7 Å². The summed E-state index contributed by atoms with van der Waals surface area (Å²) in [6.45, 7) is 3.67. The minimum atomic E-state index is -0.734. The third kappa shape index (κ3) is 4.27. The van der Waals surface area contributed by atoms with Crippen molar-refractivity contribution in [2.45, 2.75) is 20.0 Å². The molecule has 146 valence electrons. The molecule has 0 saturated heterocycles. The fraction of sp³-hybridized carbons (Fsp3) is 0.130. The second-order valence-electron chi connectivity index (χ2n) is 6.88. The number of aromatic nitrogens is 2. The molecule has 0 bridgehead atoms. The van der Waals surface area contributed by atoms with Gasteiger partial charge in [0.05, 0.1) is 5.69 Å². The van der Waals surface area contributed by atoms with Crippen molar-refractivity contribution in [2.24, 2.45) is 0 Å². The summed E-state index contributed by atoms with van der Waals surface area (Å²) in [7, 11) is 0. The number of aryl methyl sites for hydroxylation is 1. The number of halogens is 1. The van der Waals surface area contributed by atoms with Gasteiger partial charge >= 0.3 is 0 Å². The average molecular weight is 389 g/mol. The van der Waals surface area contributed by atoms with Gasteiger partial charge in [-0.25, -0.2) is 9.37 Å². The zero-order valence-electron chi connectivity index (χ0n) is 16.1. The Morgan fingerprint density at radius 2 is 1.93 bits per heavy atom. The maximum absolute atomic E-state index is 13.0.